The van der Waals surface area contributed by atoms with Gasteiger partial charge in [-0.3, -0.25) is 4.79 Å². The maximum Gasteiger partial charge on any atom is 0.218 e. The number of nitrogens with two attached hydrogens (primary N) is 1. The van der Waals surface area contributed by atoms with Gasteiger partial charge in [0, 0.05) is 18.8 Å². The van der Waals surface area contributed by atoms with E-state index in [0.29, 0.717) is 24.5 Å². The van der Waals surface area contributed by atoms with Crippen molar-refractivity contribution in [2.75, 3.05) is 6.61 Å². The molecule has 3 rings (SSSR count). The SMILES string of the molecule is CCC(C)C(CC(N)=O)C1=N[C@@H](Cc2cc(-c3ccccc3)ccc2F)CO1. The monoisotopic (exact) mass is 382 g/mol. The number of hydrogen-bond donors (Lipinski definition) is 1. The fourth-order valence-electron chi connectivity index (χ4n) is 3.57. The number of halogens is 1. The zero-order valence-electron chi connectivity index (χ0n) is 16.4. The lowest BCUT2D eigenvalue weighted by Crippen LogP contribution is -2.28. The number of ether oxygens (including phenoxy) is 1. The summed E-state index contributed by atoms with van der Waals surface area (Å²) in [7, 11) is 0. The van der Waals surface area contributed by atoms with Crippen LogP contribution in [0.25, 0.3) is 11.1 Å². The van der Waals surface area contributed by atoms with Crippen LogP contribution in [0.15, 0.2) is 53.5 Å². The normalized spacial score (nSPS) is 18.2. The number of benzene rings is 2. The number of hydrogen-bond acceptors (Lipinski definition) is 3. The third-order valence-electron chi connectivity index (χ3n) is 5.41. The van der Waals surface area contributed by atoms with E-state index in [0.717, 1.165) is 17.5 Å². The Bertz CT molecular complexity index is 851. The second-order valence-corrected chi connectivity index (χ2v) is 7.47. The second-order valence-electron chi connectivity index (χ2n) is 7.47. The highest BCUT2D eigenvalue weighted by Crippen LogP contribution is 2.27. The van der Waals surface area contributed by atoms with Crippen LogP contribution in [0.1, 0.15) is 32.3 Å². The van der Waals surface area contributed by atoms with Crippen LogP contribution in [-0.2, 0) is 16.0 Å². The first kappa shape index (κ1) is 20.1. The quantitative estimate of drug-likeness (QED) is 0.737. The Balaban J connectivity index is 1.78. The van der Waals surface area contributed by atoms with Crippen molar-refractivity contribution in [3.05, 3.63) is 59.9 Å². The number of nitrogens with zero attached hydrogens (tertiary/aromatic N) is 1. The minimum Gasteiger partial charge on any atom is -0.478 e. The van der Waals surface area contributed by atoms with Gasteiger partial charge in [0.1, 0.15) is 12.4 Å². The number of primary amides is 1. The lowest BCUT2D eigenvalue weighted by atomic mass is 9.88. The van der Waals surface area contributed by atoms with Crippen LogP contribution in [-0.4, -0.2) is 24.5 Å². The van der Waals surface area contributed by atoms with Gasteiger partial charge in [-0.05, 0) is 34.7 Å². The highest BCUT2D eigenvalue weighted by Gasteiger charge is 2.31. The van der Waals surface area contributed by atoms with Crippen molar-refractivity contribution in [3.63, 3.8) is 0 Å². The van der Waals surface area contributed by atoms with E-state index in [4.69, 9.17) is 10.5 Å². The van der Waals surface area contributed by atoms with Gasteiger partial charge in [-0.2, -0.15) is 0 Å². The maximum absolute atomic E-state index is 14.4. The minimum atomic E-state index is -0.360. The number of rotatable bonds is 8. The molecule has 2 aromatic rings. The molecule has 0 radical (unpaired) electrons. The Labute approximate surface area is 165 Å². The number of amides is 1. The fourth-order valence-corrected chi connectivity index (χ4v) is 3.57. The van der Waals surface area contributed by atoms with E-state index in [1.165, 1.54) is 6.07 Å². The highest BCUT2D eigenvalue weighted by molar-refractivity contribution is 5.86. The third kappa shape index (κ3) is 4.77. The summed E-state index contributed by atoms with van der Waals surface area (Å²) in [6, 6.07) is 14.9. The predicted octanol–water partition coefficient (Wildman–Crippen LogP) is 4.37. The van der Waals surface area contributed by atoms with Crippen molar-refractivity contribution < 1.29 is 13.9 Å². The predicted molar refractivity (Wildman–Crippen MR) is 109 cm³/mol. The molecule has 1 amide bonds. The van der Waals surface area contributed by atoms with Gasteiger partial charge in [-0.25, -0.2) is 9.38 Å². The van der Waals surface area contributed by atoms with Gasteiger partial charge in [0.2, 0.25) is 5.91 Å². The van der Waals surface area contributed by atoms with Gasteiger partial charge in [-0.1, -0.05) is 56.7 Å². The van der Waals surface area contributed by atoms with Crippen LogP contribution >= 0.6 is 0 Å². The van der Waals surface area contributed by atoms with Crippen molar-refractivity contribution in [3.8, 4) is 11.1 Å². The smallest absolute Gasteiger partial charge is 0.218 e. The Kier molecular flexibility index (Phi) is 6.45. The molecule has 2 aromatic carbocycles. The van der Waals surface area contributed by atoms with Crippen LogP contribution in [0.3, 0.4) is 0 Å². The molecule has 5 heteroatoms. The first-order valence-corrected chi connectivity index (χ1v) is 9.80. The number of carbonyl (C=O) groups is 1. The topological polar surface area (TPSA) is 64.7 Å². The number of carbonyl (C=O) groups excluding carboxylic acids is 1. The van der Waals surface area contributed by atoms with Crippen molar-refractivity contribution in [2.24, 2.45) is 22.6 Å². The van der Waals surface area contributed by atoms with Gasteiger partial charge in [-0.15, -0.1) is 0 Å². The standard InChI is InChI=1S/C23H27FN2O2/c1-3-15(2)20(13-22(25)27)23-26-19(14-28-23)12-18-11-17(9-10-21(18)24)16-7-5-4-6-8-16/h4-11,15,19-20H,3,12-14H2,1-2H3,(H2,25,27)/t15?,19-,20?/m0/s1. The second kappa shape index (κ2) is 9.00. The van der Waals surface area contributed by atoms with Crippen LogP contribution in [0.2, 0.25) is 0 Å². The van der Waals surface area contributed by atoms with E-state index in [9.17, 15) is 9.18 Å². The van der Waals surface area contributed by atoms with E-state index in [2.05, 4.69) is 18.8 Å². The van der Waals surface area contributed by atoms with E-state index in [1.54, 1.807) is 6.07 Å². The largest absolute Gasteiger partial charge is 0.478 e. The fraction of sp³-hybridized carbons (Fsp3) is 0.391. The van der Waals surface area contributed by atoms with Gasteiger partial charge in [0.15, 0.2) is 5.90 Å². The molecule has 0 saturated heterocycles. The summed E-state index contributed by atoms with van der Waals surface area (Å²) >= 11 is 0. The van der Waals surface area contributed by atoms with E-state index in [1.807, 2.05) is 36.4 Å². The summed E-state index contributed by atoms with van der Waals surface area (Å²) in [6.45, 7) is 4.53. The summed E-state index contributed by atoms with van der Waals surface area (Å²) in [5.41, 5.74) is 8.05. The zero-order valence-corrected chi connectivity index (χ0v) is 16.4. The molecule has 4 nitrogen and oxygen atoms in total. The molecule has 2 N–H and O–H groups in total. The summed E-state index contributed by atoms with van der Waals surface area (Å²) in [4.78, 5) is 16.1. The summed E-state index contributed by atoms with van der Waals surface area (Å²) in [6.07, 6.45) is 1.58. The molecular formula is C23H27FN2O2. The van der Waals surface area contributed by atoms with E-state index < -0.39 is 0 Å². The molecule has 1 aliphatic rings. The Morgan fingerprint density at radius 3 is 2.68 bits per heavy atom. The molecule has 0 aromatic heterocycles. The van der Waals surface area contributed by atoms with E-state index >= 15 is 0 Å². The van der Waals surface area contributed by atoms with E-state index in [-0.39, 0.29) is 36.0 Å². The van der Waals surface area contributed by atoms with Gasteiger partial charge >= 0.3 is 0 Å². The molecule has 0 saturated carbocycles. The van der Waals surface area contributed by atoms with Gasteiger partial charge in [0.25, 0.3) is 0 Å². The average molecular weight is 382 g/mol. The molecule has 0 spiro atoms. The molecule has 3 atom stereocenters. The molecule has 1 aliphatic heterocycles. The third-order valence-corrected chi connectivity index (χ3v) is 5.41. The average Bonchev–Trinajstić information content (AvgIpc) is 3.16. The lowest BCUT2D eigenvalue weighted by Gasteiger charge is -2.20. The van der Waals surface area contributed by atoms with Crippen LogP contribution in [0.5, 0.6) is 0 Å². The van der Waals surface area contributed by atoms with Crippen molar-refractivity contribution in [2.45, 2.75) is 39.2 Å². The zero-order chi connectivity index (χ0) is 20.1. The van der Waals surface area contributed by atoms with Crippen molar-refractivity contribution >= 4 is 11.8 Å². The first-order valence-electron chi connectivity index (χ1n) is 9.80. The summed E-state index contributed by atoms with van der Waals surface area (Å²) < 4.78 is 20.2. The van der Waals surface area contributed by atoms with Crippen LogP contribution in [0, 0.1) is 17.7 Å². The number of aliphatic imine (C=N–C) groups is 1. The summed E-state index contributed by atoms with van der Waals surface area (Å²) in [5.74, 6) is 0.106. The molecule has 0 bridgehead atoms. The van der Waals surface area contributed by atoms with Crippen LogP contribution < -0.4 is 5.73 Å². The molecule has 2 unspecified atom stereocenters. The molecule has 1 heterocycles. The van der Waals surface area contributed by atoms with Crippen molar-refractivity contribution in [1.82, 2.24) is 0 Å². The molecule has 28 heavy (non-hydrogen) atoms. The van der Waals surface area contributed by atoms with Gasteiger partial charge < -0.3 is 10.5 Å². The maximum atomic E-state index is 14.4. The molecular weight excluding hydrogens is 355 g/mol. The highest BCUT2D eigenvalue weighted by atomic mass is 19.1. The minimum absolute atomic E-state index is 0.118. The van der Waals surface area contributed by atoms with Gasteiger partial charge in [0.05, 0.1) is 6.04 Å². The Morgan fingerprint density at radius 2 is 2.00 bits per heavy atom. The lowest BCUT2D eigenvalue weighted by molar-refractivity contribution is -0.118. The Hall–Kier alpha value is -2.69. The summed E-state index contributed by atoms with van der Waals surface area (Å²) in [5, 5.41) is 0. The molecule has 0 fully saturated rings. The van der Waals surface area contributed by atoms with Crippen molar-refractivity contribution in [1.29, 1.82) is 0 Å². The first-order chi connectivity index (χ1) is 13.5. The molecule has 148 valence electrons. The molecule has 0 aliphatic carbocycles. The van der Waals surface area contributed by atoms with Crippen LogP contribution in [0.4, 0.5) is 4.39 Å². The Morgan fingerprint density at radius 1 is 1.25 bits per heavy atom.